The largest absolute Gasteiger partial charge is 0.393 e. The van der Waals surface area contributed by atoms with E-state index in [1.165, 1.54) is 0 Å². The molecule has 0 aliphatic carbocycles. The highest BCUT2D eigenvalue weighted by molar-refractivity contribution is 5.85. The van der Waals surface area contributed by atoms with Gasteiger partial charge in [-0.05, 0) is 18.9 Å². The zero-order valence-corrected chi connectivity index (χ0v) is 12.0. The van der Waals surface area contributed by atoms with Gasteiger partial charge in [-0.3, -0.25) is 4.79 Å². The van der Waals surface area contributed by atoms with E-state index in [9.17, 15) is 9.90 Å². The Labute approximate surface area is 120 Å². The van der Waals surface area contributed by atoms with E-state index in [4.69, 9.17) is 5.73 Å². The zero-order valence-electron chi connectivity index (χ0n) is 11.2. The van der Waals surface area contributed by atoms with Crippen LogP contribution < -0.4 is 11.1 Å². The summed E-state index contributed by atoms with van der Waals surface area (Å²) in [5.41, 5.74) is 6.46. The molecular weight excluding hydrogens is 264 g/mol. The highest BCUT2D eigenvalue weighted by Crippen LogP contribution is 2.20. The Bertz CT molecular complexity index is 358. The molecule has 0 fully saturated rings. The average Bonchev–Trinajstić information content (AvgIpc) is 2.35. The summed E-state index contributed by atoms with van der Waals surface area (Å²) < 4.78 is 0. The van der Waals surface area contributed by atoms with Gasteiger partial charge in [-0.25, -0.2) is 0 Å². The molecule has 0 saturated heterocycles. The summed E-state index contributed by atoms with van der Waals surface area (Å²) in [6.45, 7) is 2.66. The topological polar surface area (TPSA) is 75.3 Å². The Morgan fingerprint density at radius 3 is 2.53 bits per heavy atom. The van der Waals surface area contributed by atoms with Gasteiger partial charge in [0, 0.05) is 25.4 Å². The molecule has 2 atom stereocenters. The summed E-state index contributed by atoms with van der Waals surface area (Å²) >= 11 is 0. The van der Waals surface area contributed by atoms with Crippen molar-refractivity contribution in [1.82, 2.24) is 5.32 Å². The van der Waals surface area contributed by atoms with Crippen LogP contribution in [0, 0.1) is 0 Å². The van der Waals surface area contributed by atoms with E-state index >= 15 is 0 Å². The van der Waals surface area contributed by atoms with Crippen molar-refractivity contribution in [1.29, 1.82) is 0 Å². The summed E-state index contributed by atoms with van der Waals surface area (Å²) in [6.07, 6.45) is 0.588. The van der Waals surface area contributed by atoms with Crippen LogP contribution in [0.25, 0.3) is 0 Å². The molecule has 0 radical (unpaired) electrons. The maximum absolute atomic E-state index is 11.4. The van der Waals surface area contributed by atoms with Crippen LogP contribution >= 0.6 is 12.4 Å². The summed E-state index contributed by atoms with van der Waals surface area (Å²) in [5.74, 6) is 0.0944. The molecule has 108 valence electrons. The lowest BCUT2D eigenvalue weighted by molar-refractivity contribution is -0.121. The molecule has 1 rings (SSSR count). The van der Waals surface area contributed by atoms with E-state index in [2.05, 4.69) is 5.32 Å². The second-order valence-electron chi connectivity index (χ2n) is 4.54. The molecule has 0 saturated carbocycles. The third kappa shape index (κ3) is 7.15. The highest BCUT2D eigenvalue weighted by atomic mass is 35.5. The maximum atomic E-state index is 11.4. The van der Waals surface area contributed by atoms with Gasteiger partial charge in [0.15, 0.2) is 0 Å². The van der Waals surface area contributed by atoms with Gasteiger partial charge in [0.2, 0.25) is 5.91 Å². The lowest BCUT2D eigenvalue weighted by atomic mass is 9.93. The first kappa shape index (κ1) is 17.9. The number of nitrogens with one attached hydrogen (secondary N) is 1. The summed E-state index contributed by atoms with van der Waals surface area (Å²) in [7, 11) is 0. The molecule has 0 aliphatic rings. The van der Waals surface area contributed by atoms with Crippen molar-refractivity contribution in [2.24, 2.45) is 5.73 Å². The predicted octanol–water partition coefficient (Wildman–Crippen LogP) is 1.43. The first-order valence-corrected chi connectivity index (χ1v) is 6.33. The van der Waals surface area contributed by atoms with Gasteiger partial charge < -0.3 is 16.2 Å². The standard InChI is InChI=1S/C14H22N2O2.ClH/c1-11(17)9-13(10-16-14(18)7-8-15)12-5-3-2-4-6-12;/h2-6,11,13,17H,7-10,15H2,1H3,(H,16,18);1H. The van der Waals surface area contributed by atoms with Crippen LogP contribution in [0.4, 0.5) is 0 Å². The lowest BCUT2D eigenvalue weighted by Crippen LogP contribution is -2.30. The summed E-state index contributed by atoms with van der Waals surface area (Å²) in [6, 6.07) is 9.92. The lowest BCUT2D eigenvalue weighted by Gasteiger charge is -2.19. The fourth-order valence-corrected chi connectivity index (χ4v) is 1.93. The van der Waals surface area contributed by atoms with Gasteiger partial charge in [0.25, 0.3) is 0 Å². The molecule has 4 N–H and O–H groups in total. The van der Waals surface area contributed by atoms with Gasteiger partial charge in [-0.1, -0.05) is 30.3 Å². The number of benzene rings is 1. The first-order chi connectivity index (χ1) is 8.63. The van der Waals surface area contributed by atoms with Crippen LogP contribution in [0.3, 0.4) is 0 Å². The van der Waals surface area contributed by atoms with Crippen LogP contribution in [-0.2, 0) is 4.79 Å². The monoisotopic (exact) mass is 286 g/mol. The number of carbonyl (C=O) groups is 1. The molecule has 1 aromatic carbocycles. The van der Waals surface area contributed by atoms with Crippen molar-refractivity contribution in [2.75, 3.05) is 13.1 Å². The van der Waals surface area contributed by atoms with Gasteiger partial charge >= 0.3 is 0 Å². The van der Waals surface area contributed by atoms with Crippen LogP contribution in [0.1, 0.15) is 31.2 Å². The van der Waals surface area contributed by atoms with E-state index < -0.39 is 0 Å². The van der Waals surface area contributed by atoms with E-state index in [1.54, 1.807) is 6.92 Å². The molecule has 19 heavy (non-hydrogen) atoms. The normalized spacial score (nSPS) is 13.2. The minimum Gasteiger partial charge on any atom is -0.393 e. The Balaban J connectivity index is 0.00000324. The number of carbonyl (C=O) groups excluding carboxylic acids is 1. The minimum atomic E-state index is -0.387. The Hall–Kier alpha value is -1.10. The van der Waals surface area contributed by atoms with E-state index in [-0.39, 0.29) is 30.3 Å². The number of aliphatic hydroxyl groups is 1. The van der Waals surface area contributed by atoms with Crippen LogP contribution in [-0.4, -0.2) is 30.2 Å². The molecule has 1 amide bonds. The smallest absolute Gasteiger partial charge is 0.221 e. The third-order valence-electron chi connectivity index (χ3n) is 2.81. The Morgan fingerprint density at radius 1 is 1.37 bits per heavy atom. The zero-order chi connectivity index (χ0) is 13.4. The second-order valence-corrected chi connectivity index (χ2v) is 4.54. The van der Waals surface area contributed by atoms with E-state index in [1.807, 2.05) is 30.3 Å². The molecule has 0 bridgehead atoms. The predicted molar refractivity (Wildman–Crippen MR) is 79.4 cm³/mol. The molecule has 0 heterocycles. The number of hydrogen-bond acceptors (Lipinski definition) is 3. The second kappa shape index (κ2) is 9.78. The van der Waals surface area contributed by atoms with Crippen molar-refractivity contribution in [3.8, 4) is 0 Å². The van der Waals surface area contributed by atoms with Crippen molar-refractivity contribution in [3.05, 3.63) is 35.9 Å². The van der Waals surface area contributed by atoms with Crippen molar-refractivity contribution in [3.63, 3.8) is 0 Å². The van der Waals surface area contributed by atoms with Crippen LogP contribution in [0.5, 0.6) is 0 Å². The fraction of sp³-hybridized carbons (Fsp3) is 0.500. The van der Waals surface area contributed by atoms with Crippen molar-refractivity contribution >= 4 is 18.3 Å². The van der Waals surface area contributed by atoms with Gasteiger partial charge in [0.1, 0.15) is 0 Å². The molecule has 0 spiro atoms. The third-order valence-corrected chi connectivity index (χ3v) is 2.81. The molecule has 2 unspecified atom stereocenters. The Morgan fingerprint density at radius 2 is 2.00 bits per heavy atom. The SMILES string of the molecule is CC(O)CC(CNC(=O)CCN)c1ccccc1.Cl. The van der Waals surface area contributed by atoms with Gasteiger partial charge in [-0.15, -0.1) is 12.4 Å². The minimum absolute atomic E-state index is 0. The molecule has 1 aromatic rings. The molecule has 4 nitrogen and oxygen atoms in total. The number of hydrogen-bond donors (Lipinski definition) is 3. The molecule has 5 heteroatoms. The van der Waals surface area contributed by atoms with Crippen LogP contribution in [0.2, 0.25) is 0 Å². The van der Waals surface area contributed by atoms with Gasteiger partial charge in [-0.2, -0.15) is 0 Å². The number of rotatable bonds is 7. The molecule has 0 aliphatic heterocycles. The number of halogens is 1. The summed E-state index contributed by atoms with van der Waals surface area (Å²) in [4.78, 5) is 11.4. The quantitative estimate of drug-likeness (QED) is 0.710. The highest BCUT2D eigenvalue weighted by Gasteiger charge is 2.14. The van der Waals surface area contributed by atoms with Crippen molar-refractivity contribution in [2.45, 2.75) is 31.8 Å². The average molecular weight is 287 g/mol. The number of nitrogens with two attached hydrogens (primary N) is 1. The summed E-state index contributed by atoms with van der Waals surface area (Å²) in [5, 5.41) is 12.4. The van der Waals surface area contributed by atoms with Gasteiger partial charge in [0.05, 0.1) is 6.10 Å². The Kier molecular flexibility index (Phi) is 9.21. The maximum Gasteiger partial charge on any atom is 0.221 e. The molecular formula is C14H23ClN2O2. The molecule has 0 aromatic heterocycles. The van der Waals surface area contributed by atoms with Crippen LogP contribution in [0.15, 0.2) is 30.3 Å². The van der Waals surface area contributed by atoms with E-state index in [0.29, 0.717) is 25.9 Å². The number of aliphatic hydroxyl groups excluding tert-OH is 1. The fourth-order valence-electron chi connectivity index (χ4n) is 1.93. The number of amides is 1. The first-order valence-electron chi connectivity index (χ1n) is 6.33. The van der Waals surface area contributed by atoms with Crippen molar-refractivity contribution < 1.29 is 9.90 Å². The van der Waals surface area contributed by atoms with E-state index in [0.717, 1.165) is 5.56 Å².